The quantitative estimate of drug-likeness (QED) is 0.767. The Hall–Kier alpha value is -2.60. The monoisotopic (exact) mass is 348 g/mol. The smallest absolute Gasteiger partial charge is 0.160 e. The summed E-state index contributed by atoms with van der Waals surface area (Å²) in [5.74, 6) is 0.762. The van der Waals surface area contributed by atoms with Gasteiger partial charge in [-0.2, -0.15) is 5.10 Å². The van der Waals surface area contributed by atoms with Gasteiger partial charge in [-0.05, 0) is 45.2 Å². The van der Waals surface area contributed by atoms with Crippen molar-refractivity contribution in [3.63, 3.8) is 0 Å². The molecule has 0 bridgehead atoms. The predicted octanol–water partition coefficient (Wildman–Crippen LogP) is 3.23. The Kier molecular flexibility index (Phi) is 4.75. The van der Waals surface area contributed by atoms with Gasteiger partial charge >= 0.3 is 0 Å². The number of nitrogens with one attached hydrogen (secondary N) is 1. The Balaban J connectivity index is 1.53. The van der Waals surface area contributed by atoms with Gasteiger partial charge in [-0.3, -0.25) is 9.67 Å². The molecule has 3 aromatic heterocycles. The Labute approximate surface area is 153 Å². The summed E-state index contributed by atoms with van der Waals surface area (Å²) < 4.78 is 1.99. The number of rotatable bonds is 5. The fraction of sp³-hybridized carbons (Fsp3) is 0.400. The molecule has 134 valence electrons. The summed E-state index contributed by atoms with van der Waals surface area (Å²) in [5.41, 5.74) is 5.70. The van der Waals surface area contributed by atoms with E-state index in [9.17, 15) is 0 Å². The van der Waals surface area contributed by atoms with Gasteiger partial charge in [0.1, 0.15) is 0 Å². The van der Waals surface area contributed by atoms with Gasteiger partial charge in [0, 0.05) is 66.3 Å². The average Bonchev–Trinajstić information content (AvgIpc) is 3.06. The van der Waals surface area contributed by atoms with Crippen molar-refractivity contribution in [3.05, 3.63) is 59.4 Å². The van der Waals surface area contributed by atoms with Gasteiger partial charge in [0.05, 0.1) is 5.69 Å². The molecule has 0 saturated heterocycles. The first kappa shape index (κ1) is 16.8. The molecule has 0 aliphatic heterocycles. The molecule has 0 radical (unpaired) electrons. The number of aryl methyl sites for hydroxylation is 3. The largest absolute Gasteiger partial charge is 0.306 e. The molecule has 0 fully saturated rings. The summed E-state index contributed by atoms with van der Waals surface area (Å²) in [6.07, 6.45) is 11.0. The fourth-order valence-corrected chi connectivity index (χ4v) is 3.52. The van der Waals surface area contributed by atoms with Crippen LogP contribution >= 0.6 is 0 Å². The summed E-state index contributed by atoms with van der Waals surface area (Å²) in [6, 6.07) is 4.22. The second kappa shape index (κ2) is 7.33. The van der Waals surface area contributed by atoms with E-state index in [1.165, 1.54) is 11.1 Å². The number of aromatic nitrogens is 5. The Bertz CT molecular complexity index is 887. The molecule has 0 unspecified atom stereocenters. The molecule has 4 rings (SSSR count). The molecule has 0 aromatic carbocycles. The minimum atomic E-state index is 0.297. The van der Waals surface area contributed by atoms with Crippen molar-refractivity contribution in [1.29, 1.82) is 0 Å². The minimum Gasteiger partial charge on any atom is -0.306 e. The number of pyridine rings is 1. The van der Waals surface area contributed by atoms with Crippen LogP contribution in [0, 0.1) is 6.92 Å². The number of hydrogen-bond donors (Lipinski definition) is 1. The first-order valence-corrected chi connectivity index (χ1v) is 9.27. The molecule has 0 spiro atoms. The molecule has 0 amide bonds. The molecular weight excluding hydrogens is 324 g/mol. The SMILES string of the molecule is CCn1cc(CN[C@H]2CCCc3nc(-c4cccnc4)ncc32)c(C)n1. The standard InChI is InChI=1S/C20H24N6/c1-3-26-13-16(14(2)25-26)11-22-18-7-4-8-19-17(18)12-23-20(24-19)15-6-5-9-21-10-15/h5-6,9-10,12-13,18,22H,3-4,7-8,11H2,1-2H3/t18-/m0/s1. The van der Waals surface area contributed by atoms with Crippen molar-refractivity contribution >= 4 is 0 Å². The van der Waals surface area contributed by atoms with Crippen LogP contribution in [-0.2, 0) is 19.5 Å². The van der Waals surface area contributed by atoms with E-state index in [1.807, 2.05) is 29.2 Å². The molecule has 0 saturated carbocycles. The third kappa shape index (κ3) is 3.37. The highest BCUT2D eigenvalue weighted by molar-refractivity contribution is 5.53. The van der Waals surface area contributed by atoms with E-state index in [2.05, 4.69) is 40.4 Å². The predicted molar refractivity (Wildman–Crippen MR) is 100 cm³/mol. The van der Waals surface area contributed by atoms with Crippen LogP contribution in [0.4, 0.5) is 0 Å². The van der Waals surface area contributed by atoms with Crippen LogP contribution in [0.25, 0.3) is 11.4 Å². The van der Waals surface area contributed by atoms with E-state index in [-0.39, 0.29) is 0 Å². The number of nitrogens with zero attached hydrogens (tertiary/aromatic N) is 5. The molecule has 1 aliphatic carbocycles. The molecule has 26 heavy (non-hydrogen) atoms. The molecule has 1 N–H and O–H groups in total. The van der Waals surface area contributed by atoms with Crippen molar-refractivity contribution < 1.29 is 0 Å². The van der Waals surface area contributed by atoms with Crippen LogP contribution in [-0.4, -0.2) is 24.7 Å². The summed E-state index contributed by atoms with van der Waals surface area (Å²) in [6.45, 7) is 5.90. The Morgan fingerprint density at radius 3 is 3.00 bits per heavy atom. The van der Waals surface area contributed by atoms with E-state index in [0.29, 0.717) is 6.04 Å². The van der Waals surface area contributed by atoms with Crippen LogP contribution in [0.1, 0.15) is 48.3 Å². The number of fused-ring (bicyclic) bond motifs is 1. The van der Waals surface area contributed by atoms with E-state index in [0.717, 1.165) is 55.1 Å². The van der Waals surface area contributed by atoms with Crippen LogP contribution in [0.2, 0.25) is 0 Å². The fourth-order valence-electron chi connectivity index (χ4n) is 3.52. The average molecular weight is 348 g/mol. The molecule has 1 atom stereocenters. The maximum atomic E-state index is 4.82. The zero-order valence-electron chi connectivity index (χ0n) is 15.3. The lowest BCUT2D eigenvalue weighted by molar-refractivity contribution is 0.452. The lowest BCUT2D eigenvalue weighted by atomic mass is 9.92. The second-order valence-corrected chi connectivity index (χ2v) is 6.76. The molecule has 6 nitrogen and oxygen atoms in total. The molecule has 1 aliphatic rings. The van der Waals surface area contributed by atoms with Crippen molar-refractivity contribution in [2.75, 3.05) is 0 Å². The summed E-state index contributed by atoms with van der Waals surface area (Å²) in [7, 11) is 0. The van der Waals surface area contributed by atoms with Gasteiger partial charge < -0.3 is 5.32 Å². The third-order valence-electron chi connectivity index (χ3n) is 5.01. The van der Waals surface area contributed by atoms with Crippen LogP contribution in [0.15, 0.2) is 36.9 Å². The van der Waals surface area contributed by atoms with E-state index >= 15 is 0 Å². The van der Waals surface area contributed by atoms with E-state index in [1.54, 1.807) is 6.20 Å². The van der Waals surface area contributed by atoms with Gasteiger partial charge in [-0.25, -0.2) is 9.97 Å². The third-order valence-corrected chi connectivity index (χ3v) is 5.01. The van der Waals surface area contributed by atoms with Gasteiger partial charge in [0.25, 0.3) is 0 Å². The highest BCUT2D eigenvalue weighted by atomic mass is 15.3. The Morgan fingerprint density at radius 2 is 2.23 bits per heavy atom. The topological polar surface area (TPSA) is 68.5 Å². The van der Waals surface area contributed by atoms with E-state index < -0.39 is 0 Å². The minimum absolute atomic E-state index is 0.297. The molecular formula is C20H24N6. The zero-order chi connectivity index (χ0) is 17.9. The molecule has 3 aromatic rings. The maximum Gasteiger partial charge on any atom is 0.160 e. The van der Waals surface area contributed by atoms with Crippen LogP contribution in [0.5, 0.6) is 0 Å². The summed E-state index contributed by atoms with van der Waals surface area (Å²) in [4.78, 5) is 13.6. The zero-order valence-corrected chi connectivity index (χ0v) is 15.3. The van der Waals surface area contributed by atoms with Gasteiger partial charge in [0.2, 0.25) is 0 Å². The summed E-state index contributed by atoms with van der Waals surface area (Å²) >= 11 is 0. The van der Waals surface area contributed by atoms with Crippen molar-refractivity contribution in [2.24, 2.45) is 0 Å². The normalized spacial score (nSPS) is 16.5. The molecule has 3 heterocycles. The van der Waals surface area contributed by atoms with E-state index in [4.69, 9.17) is 4.98 Å². The van der Waals surface area contributed by atoms with Crippen LogP contribution < -0.4 is 5.32 Å². The maximum absolute atomic E-state index is 4.82. The highest BCUT2D eigenvalue weighted by Crippen LogP contribution is 2.29. The Morgan fingerprint density at radius 1 is 1.31 bits per heavy atom. The first-order chi connectivity index (χ1) is 12.7. The van der Waals surface area contributed by atoms with Crippen molar-refractivity contribution in [3.8, 4) is 11.4 Å². The lowest BCUT2D eigenvalue weighted by Gasteiger charge is -2.25. The van der Waals surface area contributed by atoms with Crippen LogP contribution in [0.3, 0.4) is 0 Å². The highest BCUT2D eigenvalue weighted by Gasteiger charge is 2.22. The van der Waals surface area contributed by atoms with Crippen molar-refractivity contribution in [2.45, 2.75) is 52.2 Å². The molecule has 6 heteroatoms. The van der Waals surface area contributed by atoms with Gasteiger partial charge in [-0.15, -0.1) is 0 Å². The second-order valence-electron chi connectivity index (χ2n) is 6.76. The first-order valence-electron chi connectivity index (χ1n) is 9.27. The van der Waals surface area contributed by atoms with Gasteiger partial charge in [-0.1, -0.05) is 0 Å². The summed E-state index contributed by atoms with van der Waals surface area (Å²) in [5, 5.41) is 8.21. The van der Waals surface area contributed by atoms with Gasteiger partial charge in [0.15, 0.2) is 5.82 Å². The lowest BCUT2D eigenvalue weighted by Crippen LogP contribution is -2.26. The number of hydrogen-bond acceptors (Lipinski definition) is 5. The van der Waals surface area contributed by atoms with Crippen molar-refractivity contribution in [1.82, 2.24) is 30.0 Å².